The molecule has 150 valence electrons. The number of fused-ring (bicyclic) bond motifs is 1. The number of hydrogen-bond acceptors (Lipinski definition) is 6. The van der Waals surface area contributed by atoms with Crippen LogP contribution in [0.15, 0.2) is 48.9 Å². The topological polar surface area (TPSA) is 60.4 Å². The average molecular weight is 390 g/mol. The predicted octanol–water partition coefficient (Wildman–Crippen LogP) is 3.89. The Bertz CT molecular complexity index is 962. The van der Waals surface area contributed by atoms with Gasteiger partial charge >= 0.3 is 0 Å². The van der Waals surface area contributed by atoms with Gasteiger partial charge in [-0.05, 0) is 43.7 Å². The van der Waals surface area contributed by atoms with Crippen molar-refractivity contribution in [1.29, 1.82) is 0 Å². The Balaban J connectivity index is 1.47. The molecule has 6 nitrogen and oxygen atoms in total. The Kier molecular flexibility index (Phi) is 6.00. The molecule has 0 atom stereocenters. The van der Waals surface area contributed by atoms with Crippen LogP contribution in [0.4, 0.5) is 0 Å². The summed E-state index contributed by atoms with van der Waals surface area (Å²) in [7, 11) is 0. The van der Waals surface area contributed by atoms with Crippen molar-refractivity contribution in [2.24, 2.45) is 0 Å². The van der Waals surface area contributed by atoms with Gasteiger partial charge in [-0.25, -0.2) is 9.97 Å². The molecule has 0 bridgehead atoms. The molecule has 2 aromatic heterocycles. The van der Waals surface area contributed by atoms with Crippen molar-refractivity contribution in [3.63, 3.8) is 0 Å². The molecule has 0 unspecified atom stereocenters. The van der Waals surface area contributed by atoms with Crippen molar-refractivity contribution in [3.05, 3.63) is 65.7 Å². The van der Waals surface area contributed by atoms with Gasteiger partial charge in [0.25, 0.3) is 0 Å². The van der Waals surface area contributed by atoms with Crippen LogP contribution in [-0.4, -0.2) is 39.6 Å². The molecule has 0 N–H and O–H groups in total. The van der Waals surface area contributed by atoms with Crippen LogP contribution in [0.3, 0.4) is 0 Å². The minimum atomic E-state index is 0.622. The number of nitrogens with zero attached hydrogens (tertiary/aromatic N) is 4. The third-order valence-corrected chi connectivity index (χ3v) is 4.95. The fourth-order valence-electron chi connectivity index (χ4n) is 3.60. The van der Waals surface area contributed by atoms with E-state index in [0.717, 1.165) is 54.6 Å². The highest BCUT2D eigenvalue weighted by Gasteiger charge is 2.19. The van der Waals surface area contributed by atoms with E-state index >= 15 is 0 Å². The Labute approximate surface area is 171 Å². The molecule has 29 heavy (non-hydrogen) atoms. The molecule has 4 rings (SSSR count). The first-order valence-electron chi connectivity index (χ1n) is 10.1. The van der Waals surface area contributed by atoms with E-state index in [9.17, 15) is 0 Å². The van der Waals surface area contributed by atoms with Gasteiger partial charge in [-0.1, -0.05) is 6.07 Å². The minimum absolute atomic E-state index is 0.622. The van der Waals surface area contributed by atoms with Gasteiger partial charge in [0.2, 0.25) is 0 Å². The molecule has 0 aliphatic carbocycles. The van der Waals surface area contributed by atoms with Gasteiger partial charge in [0.15, 0.2) is 17.3 Å². The zero-order chi connectivity index (χ0) is 20.1. The van der Waals surface area contributed by atoms with Crippen LogP contribution < -0.4 is 9.47 Å². The fraction of sp³-hybridized carbons (Fsp3) is 0.348. The van der Waals surface area contributed by atoms with Crippen molar-refractivity contribution in [3.8, 4) is 22.9 Å². The van der Waals surface area contributed by atoms with Gasteiger partial charge in [-0.2, -0.15) is 0 Å². The van der Waals surface area contributed by atoms with Crippen LogP contribution in [0.5, 0.6) is 11.5 Å². The molecule has 1 aromatic carbocycles. The molecule has 1 aliphatic rings. The zero-order valence-corrected chi connectivity index (χ0v) is 17.0. The minimum Gasteiger partial charge on any atom is -0.490 e. The van der Waals surface area contributed by atoms with Crippen LogP contribution in [0.2, 0.25) is 0 Å². The second-order valence-corrected chi connectivity index (χ2v) is 7.02. The highest BCUT2D eigenvalue weighted by molar-refractivity contribution is 5.53. The summed E-state index contributed by atoms with van der Waals surface area (Å²) in [5.41, 5.74) is 4.50. The molecule has 0 amide bonds. The average Bonchev–Trinajstić information content (AvgIpc) is 2.76. The van der Waals surface area contributed by atoms with Crippen LogP contribution >= 0.6 is 0 Å². The summed E-state index contributed by atoms with van der Waals surface area (Å²) in [6, 6.07) is 10.1. The Morgan fingerprint density at radius 3 is 2.69 bits per heavy atom. The van der Waals surface area contributed by atoms with Gasteiger partial charge in [0, 0.05) is 55.8 Å². The lowest BCUT2D eigenvalue weighted by Crippen LogP contribution is -2.31. The number of pyridine rings is 1. The normalized spacial score (nSPS) is 13.7. The largest absolute Gasteiger partial charge is 0.490 e. The lowest BCUT2D eigenvalue weighted by atomic mass is 10.1. The molecule has 0 radical (unpaired) electrons. The lowest BCUT2D eigenvalue weighted by Gasteiger charge is -2.28. The maximum atomic E-state index is 5.76. The maximum absolute atomic E-state index is 5.76. The van der Waals surface area contributed by atoms with Crippen LogP contribution in [0, 0.1) is 0 Å². The van der Waals surface area contributed by atoms with Gasteiger partial charge in [0.1, 0.15) is 0 Å². The second-order valence-electron chi connectivity index (χ2n) is 7.02. The highest BCUT2D eigenvalue weighted by atomic mass is 16.5. The standard InChI is InChI=1S/C23H26N4O2/c1-3-28-21-8-7-17(12-22(21)29-4-2)15-27-11-9-20-19(16-27)14-25-23(26-20)18-6-5-10-24-13-18/h5-8,10,12-14H,3-4,9,11,15-16H2,1-2H3. The Morgan fingerprint density at radius 2 is 1.90 bits per heavy atom. The summed E-state index contributed by atoms with van der Waals surface area (Å²) in [6.45, 7) is 7.89. The number of ether oxygens (including phenoxy) is 2. The smallest absolute Gasteiger partial charge is 0.161 e. The van der Waals surface area contributed by atoms with Crippen LogP contribution in [0.25, 0.3) is 11.4 Å². The van der Waals surface area contributed by atoms with Crippen molar-refractivity contribution in [2.45, 2.75) is 33.4 Å². The molecular weight excluding hydrogens is 364 g/mol. The molecule has 3 aromatic rings. The number of benzene rings is 1. The van der Waals surface area contributed by atoms with Crippen LogP contribution in [-0.2, 0) is 19.5 Å². The maximum Gasteiger partial charge on any atom is 0.161 e. The summed E-state index contributed by atoms with van der Waals surface area (Å²) in [4.78, 5) is 15.9. The van der Waals surface area contributed by atoms with Gasteiger partial charge in [-0.3, -0.25) is 9.88 Å². The summed E-state index contributed by atoms with van der Waals surface area (Å²) < 4.78 is 11.4. The summed E-state index contributed by atoms with van der Waals surface area (Å²) in [6.07, 6.45) is 6.44. The fourth-order valence-corrected chi connectivity index (χ4v) is 3.60. The molecule has 0 fully saturated rings. The summed E-state index contributed by atoms with van der Waals surface area (Å²) >= 11 is 0. The second kappa shape index (κ2) is 9.01. The summed E-state index contributed by atoms with van der Waals surface area (Å²) in [5.74, 6) is 2.37. The third kappa shape index (κ3) is 4.54. The first-order chi connectivity index (χ1) is 14.3. The van der Waals surface area contributed by atoms with Crippen molar-refractivity contribution in [2.75, 3.05) is 19.8 Å². The Hall–Kier alpha value is -2.99. The highest BCUT2D eigenvalue weighted by Crippen LogP contribution is 2.30. The predicted molar refractivity (Wildman–Crippen MR) is 112 cm³/mol. The van der Waals surface area contributed by atoms with E-state index < -0.39 is 0 Å². The SMILES string of the molecule is CCOc1ccc(CN2CCc3nc(-c4cccnc4)ncc3C2)cc1OCC. The zero-order valence-electron chi connectivity index (χ0n) is 17.0. The molecule has 6 heteroatoms. The summed E-state index contributed by atoms with van der Waals surface area (Å²) in [5, 5.41) is 0. The van der Waals surface area contributed by atoms with Crippen molar-refractivity contribution < 1.29 is 9.47 Å². The Morgan fingerprint density at radius 1 is 1.03 bits per heavy atom. The number of hydrogen-bond donors (Lipinski definition) is 0. The number of rotatable bonds is 7. The monoisotopic (exact) mass is 390 g/mol. The molecule has 0 saturated heterocycles. The van der Waals surface area contributed by atoms with E-state index in [2.05, 4.69) is 27.0 Å². The molecule has 0 saturated carbocycles. The number of aromatic nitrogens is 3. The van der Waals surface area contributed by atoms with E-state index in [0.29, 0.717) is 13.2 Å². The van der Waals surface area contributed by atoms with E-state index in [4.69, 9.17) is 14.5 Å². The molecule has 3 heterocycles. The van der Waals surface area contributed by atoms with E-state index in [1.54, 1.807) is 12.4 Å². The first-order valence-corrected chi connectivity index (χ1v) is 10.1. The van der Waals surface area contributed by atoms with E-state index in [-0.39, 0.29) is 0 Å². The quantitative estimate of drug-likeness (QED) is 0.610. The third-order valence-electron chi connectivity index (χ3n) is 4.95. The first kappa shape index (κ1) is 19.3. The lowest BCUT2D eigenvalue weighted by molar-refractivity contribution is 0.241. The molecule has 0 spiro atoms. The van der Waals surface area contributed by atoms with Crippen molar-refractivity contribution >= 4 is 0 Å². The molecular formula is C23H26N4O2. The van der Waals surface area contributed by atoms with Gasteiger partial charge < -0.3 is 9.47 Å². The van der Waals surface area contributed by atoms with Crippen LogP contribution in [0.1, 0.15) is 30.7 Å². The van der Waals surface area contributed by atoms with Crippen molar-refractivity contribution in [1.82, 2.24) is 19.9 Å². The van der Waals surface area contributed by atoms with E-state index in [1.165, 1.54) is 11.1 Å². The molecule has 1 aliphatic heterocycles. The van der Waals surface area contributed by atoms with E-state index in [1.807, 2.05) is 38.2 Å². The van der Waals surface area contributed by atoms with Gasteiger partial charge in [0.05, 0.1) is 18.9 Å². The van der Waals surface area contributed by atoms with Gasteiger partial charge in [-0.15, -0.1) is 0 Å².